The van der Waals surface area contributed by atoms with Gasteiger partial charge in [0.1, 0.15) is 6.33 Å². The zero-order valence-corrected chi connectivity index (χ0v) is 11.1. The molecule has 0 radical (unpaired) electrons. The maximum absolute atomic E-state index is 9.80. The van der Waals surface area contributed by atoms with Gasteiger partial charge in [-0.1, -0.05) is 20.8 Å². The molecule has 2 unspecified atom stereocenters. The fraction of sp³-hybridized carbons (Fsp3) is 0.692. The maximum atomic E-state index is 9.80. The molecule has 0 aromatic carbocycles. The first-order valence-corrected chi connectivity index (χ1v) is 6.19. The Labute approximate surface area is 103 Å². The summed E-state index contributed by atoms with van der Waals surface area (Å²) in [6, 6.07) is 1.83. The van der Waals surface area contributed by atoms with Crippen LogP contribution in [0.15, 0.2) is 12.4 Å². The lowest BCUT2D eigenvalue weighted by atomic mass is 9.88. The van der Waals surface area contributed by atoms with Gasteiger partial charge in [0.05, 0.1) is 18.4 Å². The number of aromatic nitrogens is 2. The minimum atomic E-state index is -0.427. The molecule has 0 aliphatic heterocycles. The van der Waals surface area contributed by atoms with Gasteiger partial charge in [-0.15, -0.1) is 0 Å². The highest BCUT2D eigenvalue weighted by molar-refractivity contribution is 5.18. The van der Waals surface area contributed by atoms with E-state index in [1.54, 1.807) is 6.92 Å². The third kappa shape index (κ3) is 3.97. The van der Waals surface area contributed by atoms with Crippen molar-refractivity contribution in [1.29, 1.82) is 0 Å². The van der Waals surface area contributed by atoms with Crippen LogP contribution in [-0.2, 0) is 0 Å². The fourth-order valence-electron chi connectivity index (χ4n) is 1.97. The monoisotopic (exact) mass is 238 g/mol. The summed E-state index contributed by atoms with van der Waals surface area (Å²) in [4.78, 5) is 8.30. The van der Waals surface area contributed by atoms with Crippen LogP contribution in [0.2, 0.25) is 0 Å². The summed E-state index contributed by atoms with van der Waals surface area (Å²) in [6.45, 7) is 8.64. The van der Waals surface area contributed by atoms with E-state index in [2.05, 4.69) is 30.7 Å². The van der Waals surface area contributed by atoms with Gasteiger partial charge in [0.15, 0.2) is 0 Å². The number of ether oxygens (including phenoxy) is 1. The van der Waals surface area contributed by atoms with Crippen LogP contribution in [0.3, 0.4) is 0 Å². The molecular weight excluding hydrogens is 216 g/mol. The van der Waals surface area contributed by atoms with E-state index in [4.69, 9.17) is 4.74 Å². The van der Waals surface area contributed by atoms with Crippen LogP contribution in [0.4, 0.5) is 0 Å². The molecule has 0 aliphatic carbocycles. The maximum Gasteiger partial charge on any atom is 0.216 e. The van der Waals surface area contributed by atoms with Crippen LogP contribution in [0.1, 0.15) is 45.7 Å². The molecule has 17 heavy (non-hydrogen) atoms. The molecule has 0 saturated heterocycles. The van der Waals surface area contributed by atoms with Gasteiger partial charge in [0, 0.05) is 12.0 Å². The third-order valence-electron chi connectivity index (χ3n) is 2.70. The number of rotatable bonds is 6. The molecule has 1 N–H and O–H groups in total. The summed E-state index contributed by atoms with van der Waals surface area (Å²) < 4.78 is 5.47. The molecule has 0 spiro atoms. The quantitative estimate of drug-likeness (QED) is 0.826. The zero-order valence-electron chi connectivity index (χ0n) is 11.1. The Balaban J connectivity index is 2.88. The molecule has 1 rings (SSSR count). The Morgan fingerprint density at radius 3 is 2.53 bits per heavy atom. The molecule has 4 nitrogen and oxygen atoms in total. The van der Waals surface area contributed by atoms with Gasteiger partial charge in [-0.05, 0) is 19.3 Å². The Morgan fingerprint density at radius 2 is 2.00 bits per heavy atom. The fourth-order valence-corrected chi connectivity index (χ4v) is 1.97. The van der Waals surface area contributed by atoms with E-state index in [1.807, 2.05) is 6.07 Å². The summed E-state index contributed by atoms with van der Waals surface area (Å²) >= 11 is 0. The van der Waals surface area contributed by atoms with Crippen LogP contribution < -0.4 is 4.74 Å². The average molecular weight is 238 g/mol. The van der Waals surface area contributed by atoms with Crippen molar-refractivity contribution in [3.05, 3.63) is 18.1 Å². The lowest BCUT2D eigenvalue weighted by molar-refractivity contribution is 0.137. The van der Waals surface area contributed by atoms with Crippen molar-refractivity contribution >= 4 is 0 Å². The minimum absolute atomic E-state index is 0.0157. The summed E-state index contributed by atoms with van der Waals surface area (Å²) in [5.74, 6) is 0.925. The molecule has 0 saturated carbocycles. The van der Waals surface area contributed by atoms with Crippen molar-refractivity contribution in [2.24, 2.45) is 5.92 Å². The third-order valence-corrected chi connectivity index (χ3v) is 2.70. The van der Waals surface area contributed by atoms with E-state index >= 15 is 0 Å². The largest absolute Gasteiger partial charge is 0.478 e. The molecule has 0 bridgehead atoms. The van der Waals surface area contributed by atoms with Crippen LogP contribution in [0.5, 0.6) is 5.88 Å². The average Bonchev–Trinajstić information content (AvgIpc) is 2.26. The van der Waals surface area contributed by atoms with Crippen molar-refractivity contribution in [3.8, 4) is 5.88 Å². The SMILES string of the molecule is CCCOc1cc(C(C(C)C)C(C)O)ncn1. The first-order chi connectivity index (χ1) is 8.06. The second-order valence-electron chi connectivity index (χ2n) is 4.64. The molecule has 1 aromatic heterocycles. The highest BCUT2D eigenvalue weighted by atomic mass is 16.5. The number of hydrogen-bond acceptors (Lipinski definition) is 4. The minimum Gasteiger partial charge on any atom is -0.478 e. The second-order valence-corrected chi connectivity index (χ2v) is 4.64. The lowest BCUT2D eigenvalue weighted by Gasteiger charge is -2.23. The van der Waals surface area contributed by atoms with Crippen LogP contribution >= 0.6 is 0 Å². The number of aliphatic hydroxyl groups is 1. The molecule has 0 aliphatic rings. The van der Waals surface area contributed by atoms with Crippen molar-refractivity contribution in [1.82, 2.24) is 9.97 Å². The predicted molar refractivity (Wildman–Crippen MR) is 67.1 cm³/mol. The normalized spacial score (nSPS) is 14.7. The zero-order chi connectivity index (χ0) is 12.8. The van der Waals surface area contributed by atoms with E-state index in [-0.39, 0.29) is 5.92 Å². The van der Waals surface area contributed by atoms with Gasteiger partial charge in [0.2, 0.25) is 5.88 Å². The summed E-state index contributed by atoms with van der Waals surface area (Å²) in [5.41, 5.74) is 0.844. The first kappa shape index (κ1) is 13.9. The number of nitrogens with zero attached hydrogens (tertiary/aromatic N) is 2. The van der Waals surface area contributed by atoms with Crippen molar-refractivity contribution in [2.45, 2.75) is 46.1 Å². The van der Waals surface area contributed by atoms with Crippen molar-refractivity contribution in [3.63, 3.8) is 0 Å². The van der Waals surface area contributed by atoms with Gasteiger partial charge in [-0.3, -0.25) is 0 Å². The summed E-state index contributed by atoms with van der Waals surface area (Å²) in [6.07, 6.45) is 2.02. The molecule has 4 heteroatoms. The van der Waals surface area contributed by atoms with Crippen LogP contribution in [0, 0.1) is 5.92 Å². The molecule has 96 valence electrons. The summed E-state index contributed by atoms with van der Waals surface area (Å²) in [5, 5.41) is 9.80. The van der Waals surface area contributed by atoms with E-state index < -0.39 is 6.10 Å². The standard InChI is InChI=1S/C13H22N2O2/c1-5-6-17-12-7-11(14-8-15-12)13(9(2)3)10(4)16/h7-10,13,16H,5-6H2,1-4H3. The smallest absolute Gasteiger partial charge is 0.216 e. The lowest BCUT2D eigenvalue weighted by Crippen LogP contribution is -2.21. The van der Waals surface area contributed by atoms with E-state index in [0.717, 1.165) is 12.1 Å². The molecule has 0 amide bonds. The number of hydrogen-bond donors (Lipinski definition) is 1. The Morgan fingerprint density at radius 1 is 1.29 bits per heavy atom. The van der Waals surface area contributed by atoms with Crippen molar-refractivity contribution < 1.29 is 9.84 Å². The molecule has 2 atom stereocenters. The van der Waals surface area contributed by atoms with Crippen LogP contribution in [-0.4, -0.2) is 27.8 Å². The topological polar surface area (TPSA) is 55.2 Å². The second kappa shape index (κ2) is 6.55. The first-order valence-electron chi connectivity index (χ1n) is 6.19. The van der Waals surface area contributed by atoms with E-state index in [9.17, 15) is 5.11 Å². The van der Waals surface area contributed by atoms with E-state index in [0.29, 0.717) is 18.4 Å². The van der Waals surface area contributed by atoms with Gasteiger partial charge in [-0.25, -0.2) is 9.97 Å². The Hall–Kier alpha value is -1.16. The highest BCUT2D eigenvalue weighted by Crippen LogP contribution is 2.27. The molecule has 1 heterocycles. The Kier molecular flexibility index (Phi) is 5.35. The molecule has 0 fully saturated rings. The number of aliphatic hydroxyl groups excluding tert-OH is 1. The van der Waals surface area contributed by atoms with Gasteiger partial charge in [-0.2, -0.15) is 0 Å². The van der Waals surface area contributed by atoms with Crippen molar-refractivity contribution in [2.75, 3.05) is 6.61 Å². The van der Waals surface area contributed by atoms with Crippen LogP contribution in [0.25, 0.3) is 0 Å². The highest BCUT2D eigenvalue weighted by Gasteiger charge is 2.23. The molecule has 1 aromatic rings. The van der Waals surface area contributed by atoms with Gasteiger partial charge >= 0.3 is 0 Å². The Bertz CT molecular complexity index is 332. The predicted octanol–water partition coefficient (Wildman–Crippen LogP) is 2.39. The van der Waals surface area contributed by atoms with Gasteiger partial charge in [0.25, 0.3) is 0 Å². The molecular formula is C13H22N2O2. The summed E-state index contributed by atoms with van der Waals surface area (Å²) in [7, 11) is 0. The van der Waals surface area contributed by atoms with Gasteiger partial charge < -0.3 is 9.84 Å². The van der Waals surface area contributed by atoms with E-state index in [1.165, 1.54) is 6.33 Å².